The highest BCUT2D eigenvalue weighted by molar-refractivity contribution is 7.90. The van der Waals surface area contributed by atoms with E-state index in [-0.39, 0.29) is 0 Å². The normalized spacial score (nSPS) is 12.1. The SMILES string of the molecule is Cc1ccc(Cl)cc1NS(=O)(=O)N(C)CCCNC(C)C. The number of rotatable bonds is 8. The maximum Gasteiger partial charge on any atom is 0.301 e. The predicted octanol–water partition coefficient (Wildman–Crippen LogP) is 2.63. The topological polar surface area (TPSA) is 61.4 Å². The first kappa shape index (κ1) is 18.2. The van der Waals surface area contributed by atoms with Gasteiger partial charge < -0.3 is 5.32 Å². The molecule has 1 aromatic carbocycles. The van der Waals surface area contributed by atoms with Gasteiger partial charge in [-0.1, -0.05) is 31.5 Å². The molecule has 1 rings (SSSR count). The van der Waals surface area contributed by atoms with E-state index in [2.05, 4.69) is 23.9 Å². The van der Waals surface area contributed by atoms with Crippen LogP contribution in [0.2, 0.25) is 5.02 Å². The lowest BCUT2D eigenvalue weighted by molar-refractivity contribution is 0.451. The van der Waals surface area contributed by atoms with Crippen molar-refractivity contribution in [2.75, 3.05) is 24.9 Å². The van der Waals surface area contributed by atoms with Crippen LogP contribution in [-0.2, 0) is 10.2 Å². The average molecular weight is 334 g/mol. The van der Waals surface area contributed by atoms with Crippen molar-refractivity contribution in [3.05, 3.63) is 28.8 Å². The lowest BCUT2D eigenvalue weighted by Crippen LogP contribution is -2.35. The first-order valence-electron chi connectivity index (χ1n) is 6.96. The first-order chi connectivity index (χ1) is 9.72. The van der Waals surface area contributed by atoms with Gasteiger partial charge in [0.2, 0.25) is 0 Å². The molecule has 0 bridgehead atoms. The summed E-state index contributed by atoms with van der Waals surface area (Å²) in [4.78, 5) is 0. The van der Waals surface area contributed by atoms with Gasteiger partial charge in [-0.15, -0.1) is 0 Å². The highest BCUT2D eigenvalue weighted by Crippen LogP contribution is 2.21. The van der Waals surface area contributed by atoms with E-state index >= 15 is 0 Å². The molecule has 0 saturated heterocycles. The van der Waals surface area contributed by atoms with Crippen LogP contribution in [0.4, 0.5) is 5.69 Å². The molecule has 0 fully saturated rings. The zero-order valence-corrected chi connectivity index (χ0v) is 14.6. The fraction of sp³-hybridized carbons (Fsp3) is 0.571. The zero-order chi connectivity index (χ0) is 16.0. The molecule has 2 N–H and O–H groups in total. The second kappa shape index (κ2) is 7.98. The third-order valence-electron chi connectivity index (χ3n) is 3.05. The van der Waals surface area contributed by atoms with Gasteiger partial charge in [-0.05, 0) is 37.6 Å². The van der Waals surface area contributed by atoms with E-state index in [4.69, 9.17) is 11.6 Å². The molecule has 0 amide bonds. The summed E-state index contributed by atoms with van der Waals surface area (Å²) in [5.41, 5.74) is 1.34. The summed E-state index contributed by atoms with van der Waals surface area (Å²) in [7, 11) is -1.99. The van der Waals surface area contributed by atoms with Gasteiger partial charge in [0.1, 0.15) is 0 Å². The Bertz CT molecular complexity index is 561. The fourth-order valence-corrected chi connectivity index (χ4v) is 2.93. The van der Waals surface area contributed by atoms with Crippen LogP contribution >= 0.6 is 11.6 Å². The number of nitrogens with zero attached hydrogens (tertiary/aromatic N) is 1. The number of benzene rings is 1. The van der Waals surface area contributed by atoms with E-state index in [1.165, 1.54) is 4.31 Å². The highest BCUT2D eigenvalue weighted by atomic mass is 35.5. The van der Waals surface area contributed by atoms with Gasteiger partial charge in [-0.2, -0.15) is 12.7 Å². The minimum atomic E-state index is -3.56. The van der Waals surface area contributed by atoms with E-state index < -0.39 is 10.2 Å². The van der Waals surface area contributed by atoms with Gasteiger partial charge >= 0.3 is 10.2 Å². The molecular weight excluding hydrogens is 310 g/mol. The summed E-state index contributed by atoms with van der Waals surface area (Å²) in [5.74, 6) is 0. The molecular formula is C14H24ClN3O2S. The number of aryl methyl sites for hydroxylation is 1. The smallest absolute Gasteiger partial charge is 0.301 e. The molecule has 0 spiro atoms. The molecule has 7 heteroatoms. The van der Waals surface area contributed by atoms with Crippen LogP contribution in [0.3, 0.4) is 0 Å². The lowest BCUT2D eigenvalue weighted by atomic mass is 10.2. The summed E-state index contributed by atoms with van der Waals surface area (Å²) in [6.45, 7) is 7.19. The van der Waals surface area contributed by atoms with E-state index in [9.17, 15) is 8.42 Å². The van der Waals surface area contributed by atoms with Crippen molar-refractivity contribution in [1.29, 1.82) is 0 Å². The Morgan fingerprint density at radius 3 is 2.62 bits per heavy atom. The van der Waals surface area contributed by atoms with Crippen LogP contribution in [0.15, 0.2) is 18.2 Å². The standard InChI is InChI=1S/C14H24ClN3O2S/c1-11(2)16-8-5-9-18(4)21(19,20)17-14-10-13(15)7-6-12(14)3/h6-7,10-11,16-17H,5,8-9H2,1-4H3. The van der Waals surface area contributed by atoms with Crippen molar-refractivity contribution < 1.29 is 8.42 Å². The summed E-state index contributed by atoms with van der Waals surface area (Å²) < 4.78 is 28.4. The summed E-state index contributed by atoms with van der Waals surface area (Å²) >= 11 is 5.90. The average Bonchev–Trinajstić information content (AvgIpc) is 2.38. The van der Waals surface area contributed by atoms with Crippen LogP contribution < -0.4 is 10.0 Å². The second-order valence-electron chi connectivity index (χ2n) is 5.35. The Morgan fingerprint density at radius 2 is 2.00 bits per heavy atom. The van der Waals surface area contributed by atoms with Crippen molar-refractivity contribution in [1.82, 2.24) is 9.62 Å². The van der Waals surface area contributed by atoms with Crippen LogP contribution in [0.1, 0.15) is 25.8 Å². The molecule has 120 valence electrons. The minimum Gasteiger partial charge on any atom is -0.314 e. The van der Waals surface area contributed by atoms with Crippen molar-refractivity contribution >= 4 is 27.5 Å². The molecule has 0 heterocycles. The Kier molecular flexibility index (Phi) is 6.93. The Hall–Kier alpha value is -0.820. The lowest BCUT2D eigenvalue weighted by Gasteiger charge is -2.19. The van der Waals surface area contributed by atoms with Crippen LogP contribution in [0.25, 0.3) is 0 Å². The van der Waals surface area contributed by atoms with E-state index in [1.54, 1.807) is 25.2 Å². The number of nitrogens with one attached hydrogen (secondary N) is 2. The van der Waals surface area contributed by atoms with Gasteiger partial charge in [0.15, 0.2) is 0 Å². The molecule has 0 aliphatic rings. The Morgan fingerprint density at radius 1 is 1.33 bits per heavy atom. The molecule has 0 atom stereocenters. The molecule has 0 radical (unpaired) electrons. The van der Waals surface area contributed by atoms with Gasteiger partial charge in [0.05, 0.1) is 5.69 Å². The number of hydrogen-bond acceptors (Lipinski definition) is 3. The predicted molar refractivity (Wildman–Crippen MR) is 89.1 cm³/mol. The molecule has 21 heavy (non-hydrogen) atoms. The maximum atomic E-state index is 12.2. The second-order valence-corrected chi connectivity index (χ2v) is 7.56. The monoisotopic (exact) mass is 333 g/mol. The van der Waals surface area contributed by atoms with Crippen molar-refractivity contribution in [3.8, 4) is 0 Å². The molecule has 0 aliphatic heterocycles. The maximum absolute atomic E-state index is 12.2. The third-order valence-corrected chi connectivity index (χ3v) is 4.77. The number of hydrogen-bond donors (Lipinski definition) is 2. The van der Waals surface area contributed by atoms with E-state index in [0.717, 1.165) is 18.5 Å². The molecule has 1 aromatic rings. The highest BCUT2D eigenvalue weighted by Gasteiger charge is 2.18. The molecule has 0 aromatic heterocycles. The molecule has 0 saturated carbocycles. The van der Waals surface area contributed by atoms with Crippen LogP contribution in [0.5, 0.6) is 0 Å². The molecule has 0 unspecified atom stereocenters. The van der Waals surface area contributed by atoms with Crippen LogP contribution in [-0.4, -0.2) is 38.9 Å². The largest absolute Gasteiger partial charge is 0.314 e. The van der Waals surface area contributed by atoms with Gasteiger partial charge in [0.25, 0.3) is 0 Å². The van der Waals surface area contributed by atoms with Crippen LogP contribution in [0, 0.1) is 6.92 Å². The molecule has 0 aliphatic carbocycles. The van der Waals surface area contributed by atoms with Crippen molar-refractivity contribution in [2.45, 2.75) is 33.2 Å². The van der Waals surface area contributed by atoms with Gasteiger partial charge in [-0.3, -0.25) is 4.72 Å². The van der Waals surface area contributed by atoms with E-state index in [1.807, 2.05) is 6.92 Å². The molecule has 5 nitrogen and oxygen atoms in total. The first-order valence-corrected chi connectivity index (χ1v) is 8.78. The fourth-order valence-electron chi connectivity index (χ4n) is 1.73. The van der Waals surface area contributed by atoms with Gasteiger partial charge in [0, 0.05) is 24.7 Å². The van der Waals surface area contributed by atoms with E-state index in [0.29, 0.717) is 23.3 Å². The number of halogens is 1. The summed E-state index contributed by atoms with van der Waals surface area (Å²) in [6.07, 6.45) is 0.754. The number of anilines is 1. The summed E-state index contributed by atoms with van der Waals surface area (Å²) in [5, 5.41) is 3.76. The zero-order valence-electron chi connectivity index (χ0n) is 13.0. The third kappa shape index (κ3) is 6.22. The van der Waals surface area contributed by atoms with Gasteiger partial charge in [-0.25, -0.2) is 0 Å². The van der Waals surface area contributed by atoms with Crippen molar-refractivity contribution in [2.24, 2.45) is 0 Å². The Labute approximate surface area is 132 Å². The van der Waals surface area contributed by atoms with Crippen molar-refractivity contribution in [3.63, 3.8) is 0 Å². The summed E-state index contributed by atoms with van der Waals surface area (Å²) in [6, 6.07) is 5.53. The minimum absolute atomic E-state index is 0.402. The Balaban J connectivity index is 2.61. The quantitative estimate of drug-likeness (QED) is 0.719.